The second-order valence-corrected chi connectivity index (χ2v) is 4.75. The first-order valence-corrected chi connectivity index (χ1v) is 5.48. The average Bonchev–Trinajstić information content (AvgIpc) is 2.63. The maximum Gasteiger partial charge on any atom is 0.243 e. The van der Waals surface area contributed by atoms with E-state index in [-0.39, 0.29) is 11.7 Å². The van der Waals surface area contributed by atoms with Crippen LogP contribution in [0.2, 0.25) is 0 Å². The van der Waals surface area contributed by atoms with Crippen molar-refractivity contribution < 1.29 is 9.59 Å². The Balaban J connectivity index is 2.52. The molecule has 1 aromatic heterocycles. The number of Topliss-reactive ketones (excluding diaryl/α,β-unsaturated/α-hetero) is 1. The zero-order valence-electron chi connectivity index (χ0n) is 9.62. The lowest BCUT2D eigenvalue weighted by Crippen LogP contribution is -2.42. The van der Waals surface area contributed by atoms with Crippen molar-refractivity contribution in [1.82, 2.24) is 4.57 Å². The SMILES string of the molecule is CC(C)(C(N)=O)n1ccc2c1CCCC2=O. The van der Waals surface area contributed by atoms with E-state index in [1.165, 1.54) is 0 Å². The molecule has 1 aliphatic rings. The molecule has 4 heteroatoms. The summed E-state index contributed by atoms with van der Waals surface area (Å²) >= 11 is 0. The fourth-order valence-electron chi connectivity index (χ4n) is 2.17. The quantitative estimate of drug-likeness (QED) is 0.814. The minimum Gasteiger partial charge on any atom is -0.368 e. The molecule has 0 aliphatic heterocycles. The zero-order valence-corrected chi connectivity index (χ0v) is 9.62. The number of hydrogen-bond donors (Lipinski definition) is 1. The van der Waals surface area contributed by atoms with Gasteiger partial charge < -0.3 is 10.3 Å². The van der Waals surface area contributed by atoms with Crippen molar-refractivity contribution in [3.63, 3.8) is 0 Å². The summed E-state index contributed by atoms with van der Waals surface area (Å²) in [6.45, 7) is 3.55. The van der Waals surface area contributed by atoms with Crippen LogP contribution >= 0.6 is 0 Å². The molecular formula is C12H16N2O2. The summed E-state index contributed by atoms with van der Waals surface area (Å²) in [5.74, 6) is -0.218. The Morgan fingerprint density at radius 1 is 1.44 bits per heavy atom. The van der Waals surface area contributed by atoms with Gasteiger partial charge in [-0.3, -0.25) is 9.59 Å². The smallest absolute Gasteiger partial charge is 0.243 e. The number of hydrogen-bond acceptors (Lipinski definition) is 2. The van der Waals surface area contributed by atoms with E-state index >= 15 is 0 Å². The van der Waals surface area contributed by atoms with Gasteiger partial charge >= 0.3 is 0 Å². The molecule has 0 fully saturated rings. The number of rotatable bonds is 2. The van der Waals surface area contributed by atoms with Crippen molar-refractivity contribution in [2.24, 2.45) is 5.73 Å². The zero-order chi connectivity index (χ0) is 11.9. The Kier molecular flexibility index (Phi) is 2.37. The number of aromatic nitrogens is 1. The van der Waals surface area contributed by atoms with Crippen LogP contribution in [0, 0.1) is 0 Å². The molecule has 0 spiro atoms. The topological polar surface area (TPSA) is 65.1 Å². The molecule has 0 unspecified atom stereocenters. The van der Waals surface area contributed by atoms with E-state index in [1.807, 2.05) is 4.57 Å². The molecule has 2 rings (SSSR count). The molecular weight excluding hydrogens is 204 g/mol. The Morgan fingerprint density at radius 3 is 2.75 bits per heavy atom. The van der Waals surface area contributed by atoms with Crippen LogP contribution in [0.25, 0.3) is 0 Å². The van der Waals surface area contributed by atoms with E-state index in [2.05, 4.69) is 0 Å². The van der Waals surface area contributed by atoms with E-state index in [0.717, 1.165) is 24.1 Å². The number of amides is 1. The summed E-state index contributed by atoms with van der Waals surface area (Å²) in [6, 6.07) is 1.79. The third-order valence-corrected chi connectivity index (χ3v) is 3.32. The van der Waals surface area contributed by atoms with Gasteiger partial charge in [0.15, 0.2) is 5.78 Å². The monoisotopic (exact) mass is 220 g/mol. The maximum absolute atomic E-state index is 11.7. The summed E-state index contributed by atoms with van der Waals surface area (Å²) in [7, 11) is 0. The second-order valence-electron chi connectivity index (χ2n) is 4.75. The van der Waals surface area contributed by atoms with Gasteiger partial charge in [0.05, 0.1) is 0 Å². The molecule has 4 nitrogen and oxygen atoms in total. The number of ketones is 1. The van der Waals surface area contributed by atoms with E-state index in [9.17, 15) is 9.59 Å². The largest absolute Gasteiger partial charge is 0.368 e. The molecule has 1 amide bonds. The van der Waals surface area contributed by atoms with Crippen LogP contribution in [0.4, 0.5) is 0 Å². The number of carbonyl (C=O) groups is 2. The van der Waals surface area contributed by atoms with Crippen LogP contribution in [0.15, 0.2) is 12.3 Å². The van der Waals surface area contributed by atoms with Gasteiger partial charge in [0, 0.05) is 23.9 Å². The first-order chi connectivity index (χ1) is 7.44. The van der Waals surface area contributed by atoms with Gasteiger partial charge in [-0.05, 0) is 32.8 Å². The third kappa shape index (κ3) is 1.45. The highest BCUT2D eigenvalue weighted by Gasteiger charge is 2.31. The number of nitrogens with zero attached hydrogens (tertiary/aromatic N) is 1. The Labute approximate surface area is 94.4 Å². The van der Waals surface area contributed by atoms with Crippen LogP contribution in [0.1, 0.15) is 42.7 Å². The predicted octanol–water partition coefficient (Wildman–Crippen LogP) is 1.23. The van der Waals surface area contributed by atoms with E-state index in [4.69, 9.17) is 5.73 Å². The van der Waals surface area contributed by atoms with Crippen LogP contribution < -0.4 is 5.73 Å². The molecule has 16 heavy (non-hydrogen) atoms. The van der Waals surface area contributed by atoms with Crippen molar-refractivity contribution in [3.8, 4) is 0 Å². The Bertz CT molecular complexity index is 458. The molecule has 86 valence electrons. The van der Waals surface area contributed by atoms with Gasteiger partial charge in [0.1, 0.15) is 5.54 Å². The van der Waals surface area contributed by atoms with Gasteiger partial charge in [-0.1, -0.05) is 0 Å². The average molecular weight is 220 g/mol. The lowest BCUT2D eigenvalue weighted by Gasteiger charge is -2.27. The summed E-state index contributed by atoms with van der Waals surface area (Å²) in [6.07, 6.45) is 4.09. The minimum atomic E-state index is -0.773. The predicted molar refractivity (Wildman–Crippen MR) is 60.2 cm³/mol. The number of primary amides is 1. The molecule has 0 saturated carbocycles. The van der Waals surface area contributed by atoms with Crippen molar-refractivity contribution in [2.45, 2.75) is 38.6 Å². The summed E-state index contributed by atoms with van der Waals surface area (Å²) in [5, 5.41) is 0. The molecule has 0 bridgehead atoms. The van der Waals surface area contributed by atoms with Gasteiger partial charge in [-0.2, -0.15) is 0 Å². The van der Waals surface area contributed by atoms with Crippen molar-refractivity contribution >= 4 is 11.7 Å². The van der Waals surface area contributed by atoms with Gasteiger partial charge in [0.2, 0.25) is 5.91 Å². The number of carbonyl (C=O) groups excluding carboxylic acids is 2. The van der Waals surface area contributed by atoms with Crippen LogP contribution in [0.5, 0.6) is 0 Å². The number of nitrogens with two attached hydrogens (primary N) is 1. The first kappa shape index (κ1) is 10.9. The fraction of sp³-hybridized carbons (Fsp3) is 0.500. The Hall–Kier alpha value is -1.58. The van der Waals surface area contributed by atoms with Gasteiger partial charge in [0.25, 0.3) is 0 Å². The highest BCUT2D eigenvalue weighted by atomic mass is 16.1. The molecule has 1 aliphatic carbocycles. The van der Waals surface area contributed by atoms with E-state index < -0.39 is 5.54 Å². The van der Waals surface area contributed by atoms with E-state index in [1.54, 1.807) is 26.1 Å². The van der Waals surface area contributed by atoms with Crippen LogP contribution in [-0.4, -0.2) is 16.3 Å². The molecule has 0 saturated heterocycles. The Morgan fingerprint density at radius 2 is 2.12 bits per heavy atom. The molecule has 0 aromatic carbocycles. The standard InChI is InChI=1S/C12H16N2O2/c1-12(2,11(13)16)14-7-6-8-9(14)4-3-5-10(8)15/h6-7H,3-5H2,1-2H3,(H2,13,16). The summed E-state index contributed by atoms with van der Waals surface area (Å²) < 4.78 is 1.84. The first-order valence-electron chi connectivity index (χ1n) is 5.48. The van der Waals surface area contributed by atoms with E-state index in [0.29, 0.717) is 6.42 Å². The van der Waals surface area contributed by atoms with Crippen molar-refractivity contribution in [2.75, 3.05) is 0 Å². The van der Waals surface area contributed by atoms with Crippen molar-refractivity contribution in [1.29, 1.82) is 0 Å². The molecule has 0 atom stereocenters. The lowest BCUT2D eigenvalue weighted by atomic mass is 9.95. The van der Waals surface area contributed by atoms with Crippen LogP contribution in [-0.2, 0) is 16.8 Å². The molecule has 0 radical (unpaired) electrons. The molecule has 1 aromatic rings. The highest BCUT2D eigenvalue weighted by Crippen LogP contribution is 2.27. The summed E-state index contributed by atoms with van der Waals surface area (Å²) in [4.78, 5) is 23.1. The maximum atomic E-state index is 11.7. The lowest BCUT2D eigenvalue weighted by molar-refractivity contribution is -0.125. The normalized spacial score (nSPS) is 16.0. The molecule has 2 N–H and O–H groups in total. The number of fused-ring (bicyclic) bond motifs is 1. The van der Waals surface area contributed by atoms with Crippen LogP contribution in [0.3, 0.4) is 0 Å². The molecule has 1 heterocycles. The highest BCUT2D eigenvalue weighted by molar-refractivity contribution is 5.98. The summed E-state index contributed by atoms with van der Waals surface area (Å²) in [5.41, 5.74) is 6.31. The van der Waals surface area contributed by atoms with Gasteiger partial charge in [-0.25, -0.2) is 0 Å². The minimum absolute atomic E-state index is 0.167. The fourth-order valence-corrected chi connectivity index (χ4v) is 2.17. The third-order valence-electron chi connectivity index (χ3n) is 3.32. The van der Waals surface area contributed by atoms with Gasteiger partial charge in [-0.15, -0.1) is 0 Å². The second kappa shape index (κ2) is 3.47. The van der Waals surface area contributed by atoms with Crippen molar-refractivity contribution in [3.05, 3.63) is 23.5 Å².